The molecule has 2 aromatic carbocycles. The van der Waals surface area contributed by atoms with Crippen LogP contribution < -0.4 is 0 Å². The van der Waals surface area contributed by atoms with Crippen molar-refractivity contribution in [2.24, 2.45) is 0 Å². The number of benzene rings is 2. The fourth-order valence-corrected chi connectivity index (χ4v) is 4.50. The van der Waals surface area contributed by atoms with Gasteiger partial charge in [-0.1, -0.05) is 60.7 Å². The molecule has 0 aliphatic carbocycles. The lowest BCUT2D eigenvalue weighted by Crippen LogP contribution is -2.58. The number of methoxy groups -OCH3 is 2. The molecule has 0 N–H and O–H groups in total. The van der Waals surface area contributed by atoms with Gasteiger partial charge in [0.05, 0.1) is 26.4 Å². The maximum absolute atomic E-state index is 6.29. The molecule has 2 aromatic rings. The van der Waals surface area contributed by atoms with Crippen LogP contribution in [0.4, 0.5) is 0 Å². The highest BCUT2D eigenvalue weighted by atomic mass is 16.8. The third-order valence-corrected chi connectivity index (χ3v) is 6.43. The number of hydrogen-bond donors (Lipinski definition) is 0. The van der Waals surface area contributed by atoms with Gasteiger partial charge in [0.2, 0.25) is 0 Å². The SMILES string of the molecule is COC1COC(OC2COC(OCc3ccccc3)C3OC23)C(OC)C1OCc1ccccc1. The maximum atomic E-state index is 6.29. The van der Waals surface area contributed by atoms with Crippen molar-refractivity contribution in [1.29, 1.82) is 0 Å². The molecule has 3 heterocycles. The maximum Gasteiger partial charge on any atom is 0.187 e. The molecule has 0 radical (unpaired) electrons. The van der Waals surface area contributed by atoms with E-state index in [1.807, 2.05) is 60.7 Å². The summed E-state index contributed by atoms with van der Waals surface area (Å²) in [5.41, 5.74) is 2.17. The van der Waals surface area contributed by atoms with Crippen molar-refractivity contribution in [2.45, 2.75) is 62.4 Å². The van der Waals surface area contributed by atoms with Gasteiger partial charge in [0.25, 0.3) is 0 Å². The van der Waals surface area contributed by atoms with Crippen LogP contribution in [-0.4, -0.2) is 76.6 Å². The van der Waals surface area contributed by atoms with E-state index < -0.39 is 18.7 Å². The first-order valence-corrected chi connectivity index (χ1v) is 11.7. The molecule has 3 aliphatic heterocycles. The Morgan fingerprint density at radius 3 is 1.94 bits per heavy atom. The molecule has 3 saturated heterocycles. The predicted molar refractivity (Wildman–Crippen MR) is 121 cm³/mol. The summed E-state index contributed by atoms with van der Waals surface area (Å²) in [6.07, 6.45) is -2.64. The van der Waals surface area contributed by atoms with Crippen molar-refractivity contribution in [2.75, 3.05) is 27.4 Å². The number of rotatable bonds is 10. The minimum Gasteiger partial charge on any atom is -0.376 e. The topological polar surface area (TPSA) is 77.1 Å². The first-order chi connectivity index (χ1) is 16.8. The van der Waals surface area contributed by atoms with Crippen LogP contribution in [-0.2, 0) is 51.1 Å². The highest BCUT2D eigenvalue weighted by molar-refractivity contribution is 5.14. The van der Waals surface area contributed by atoms with Gasteiger partial charge >= 0.3 is 0 Å². The Bertz CT molecular complexity index is 881. The minimum absolute atomic E-state index is 0.0977. The number of ether oxygens (including phenoxy) is 8. The van der Waals surface area contributed by atoms with Crippen molar-refractivity contribution in [3.8, 4) is 0 Å². The van der Waals surface area contributed by atoms with Gasteiger partial charge in [-0.05, 0) is 11.1 Å². The van der Waals surface area contributed by atoms with E-state index in [9.17, 15) is 0 Å². The Hall–Kier alpha value is -1.88. The summed E-state index contributed by atoms with van der Waals surface area (Å²) in [4.78, 5) is 0. The molecule has 0 aromatic heterocycles. The zero-order valence-corrected chi connectivity index (χ0v) is 19.5. The van der Waals surface area contributed by atoms with Crippen LogP contribution in [0.2, 0.25) is 0 Å². The lowest BCUT2D eigenvalue weighted by atomic mass is 10.0. The zero-order chi connectivity index (χ0) is 23.3. The average Bonchev–Trinajstić information content (AvgIpc) is 3.70. The Morgan fingerprint density at radius 2 is 1.29 bits per heavy atom. The monoisotopic (exact) mass is 472 g/mol. The van der Waals surface area contributed by atoms with Crippen molar-refractivity contribution in [1.82, 2.24) is 0 Å². The normalized spacial score (nSPS) is 35.0. The Kier molecular flexibility index (Phi) is 7.88. The predicted octanol–water partition coefficient (Wildman–Crippen LogP) is 2.68. The van der Waals surface area contributed by atoms with Gasteiger partial charge in [0.1, 0.15) is 36.6 Å². The molecule has 8 atom stereocenters. The summed E-state index contributed by atoms with van der Waals surface area (Å²) in [7, 11) is 3.27. The Morgan fingerprint density at radius 1 is 0.676 bits per heavy atom. The number of fused-ring (bicyclic) bond motifs is 1. The van der Waals surface area contributed by atoms with E-state index in [0.29, 0.717) is 26.4 Å². The van der Waals surface area contributed by atoms with Gasteiger partial charge in [-0.3, -0.25) is 0 Å². The van der Waals surface area contributed by atoms with Crippen molar-refractivity contribution >= 4 is 0 Å². The summed E-state index contributed by atoms with van der Waals surface area (Å²) in [5, 5.41) is 0. The molecule has 8 nitrogen and oxygen atoms in total. The molecule has 5 rings (SSSR count). The lowest BCUT2D eigenvalue weighted by molar-refractivity contribution is -0.308. The molecule has 0 amide bonds. The second kappa shape index (κ2) is 11.2. The minimum atomic E-state index is -0.627. The standard InChI is InChI=1S/C26H32O8/c1-27-19-15-32-26(23(28-2)21(19)29-13-17-9-5-3-6-10-17)33-20-16-31-25(24-22(20)34-24)30-14-18-11-7-4-8-12-18/h3-12,19-26H,13-16H2,1-2H3. The molecular formula is C26H32O8. The molecule has 0 saturated carbocycles. The van der Waals surface area contributed by atoms with Gasteiger partial charge in [0, 0.05) is 14.2 Å². The molecule has 8 unspecified atom stereocenters. The molecule has 0 bridgehead atoms. The van der Waals surface area contributed by atoms with Crippen LogP contribution >= 0.6 is 0 Å². The highest BCUT2D eigenvalue weighted by Crippen LogP contribution is 2.38. The van der Waals surface area contributed by atoms with Gasteiger partial charge in [-0.2, -0.15) is 0 Å². The largest absolute Gasteiger partial charge is 0.376 e. The summed E-state index contributed by atoms with van der Waals surface area (Å²) in [6.45, 7) is 1.60. The first-order valence-electron chi connectivity index (χ1n) is 11.7. The van der Waals surface area contributed by atoms with E-state index in [-0.39, 0.29) is 30.5 Å². The van der Waals surface area contributed by atoms with Crippen LogP contribution in [0.3, 0.4) is 0 Å². The molecule has 3 fully saturated rings. The van der Waals surface area contributed by atoms with Crippen LogP contribution in [0.15, 0.2) is 60.7 Å². The molecule has 34 heavy (non-hydrogen) atoms. The number of epoxide rings is 1. The molecule has 3 aliphatic rings. The van der Waals surface area contributed by atoms with Crippen molar-refractivity contribution in [3.05, 3.63) is 71.8 Å². The van der Waals surface area contributed by atoms with E-state index >= 15 is 0 Å². The van der Waals surface area contributed by atoms with Gasteiger partial charge in [0.15, 0.2) is 12.6 Å². The Labute approximate surface area is 199 Å². The van der Waals surface area contributed by atoms with E-state index in [0.717, 1.165) is 11.1 Å². The molecule has 0 spiro atoms. The Balaban J connectivity index is 1.16. The quantitative estimate of drug-likeness (QED) is 0.489. The first kappa shape index (κ1) is 23.8. The third kappa shape index (κ3) is 5.50. The number of hydrogen-bond acceptors (Lipinski definition) is 8. The van der Waals surface area contributed by atoms with E-state index in [1.165, 1.54) is 0 Å². The summed E-state index contributed by atoms with van der Waals surface area (Å²) >= 11 is 0. The van der Waals surface area contributed by atoms with Gasteiger partial charge < -0.3 is 37.9 Å². The van der Waals surface area contributed by atoms with Crippen LogP contribution in [0.5, 0.6) is 0 Å². The van der Waals surface area contributed by atoms with E-state index in [1.54, 1.807) is 14.2 Å². The van der Waals surface area contributed by atoms with E-state index in [4.69, 9.17) is 37.9 Å². The fourth-order valence-electron chi connectivity index (χ4n) is 4.50. The van der Waals surface area contributed by atoms with Crippen LogP contribution in [0, 0.1) is 0 Å². The van der Waals surface area contributed by atoms with Crippen LogP contribution in [0.1, 0.15) is 11.1 Å². The second-order valence-electron chi connectivity index (χ2n) is 8.68. The molecular weight excluding hydrogens is 440 g/mol. The zero-order valence-electron chi connectivity index (χ0n) is 19.5. The summed E-state index contributed by atoms with van der Waals surface area (Å²) < 4.78 is 47.6. The second-order valence-corrected chi connectivity index (χ2v) is 8.68. The van der Waals surface area contributed by atoms with E-state index in [2.05, 4.69) is 0 Å². The van der Waals surface area contributed by atoms with Gasteiger partial charge in [-0.25, -0.2) is 0 Å². The van der Waals surface area contributed by atoms with Crippen molar-refractivity contribution < 1.29 is 37.9 Å². The summed E-state index contributed by atoms with van der Waals surface area (Å²) in [6, 6.07) is 20.0. The lowest BCUT2D eigenvalue weighted by Gasteiger charge is -2.42. The average molecular weight is 473 g/mol. The van der Waals surface area contributed by atoms with Crippen LogP contribution in [0.25, 0.3) is 0 Å². The smallest absolute Gasteiger partial charge is 0.187 e. The molecule has 8 heteroatoms. The molecule has 184 valence electrons. The highest BCUT2D eigenvalue weighted by Gasteiger charge is 2.57. The third-order valence-electron chi connectivity index (χ3n) is 6.43. The summed E-state index contributed by atoms with van der Waals surface area (Å²) in [5.74, 6) is 0. The fraction of sp³-hybridized carbons (Fsp3) is 0.538. The van der Waals surface area contributed by atoms with Gasteiger partial charge in [-0.15, -0.1) is 0 Å². The van der Waals surface area contributed by atoms with Crippen molar-refractivity contribution in [3.63, 3.8) is 0 Å².